The minimum absolute atomic E-state index is 0.466. The monoisotopic (exact) mass is 373 g/mol. The molecule has 2 N–H and O–H groups in total. The number of aromatic nitrogens is 2. The second kappa shape index (κ2) is 7.59. The van der Waals surface area contributed by atoms with E-state index in [9.17, 15) is 0 Å². The fourth-order valence-electron chi connectivity index (χ4n) is 2.18. The average Bonchev–Trinajstić information content (AvgIpc) is 2.59. The third-order valence-corrected chi connectivity index (χ3v) is 4.23. The largest absolute Gasteiger partial charge is 0.378 e. The van der Waals surface area contributed by atoms with Crippen molar-refractivity contribution in [2.75, 3.05) is 29.6 Å². The molecule has 25 heavy (non-hydrogen) atoms. The zero-order chi connectivity index (χ0) is 17.8. The predicted octanol–water partition coefficient (Wildman–Crippen LogP) is 5.34. The van der Waals surface area contributed by atoms with E-state index in [4.69, 9.17) is 23.2 Å². The molecule has 0 saturated carbocycles. The molecular formula is C18H17Cl2N5. The normalized spacial score (nSPS) is 10.4. The van der Waals surface area contributed by atoms with Crippen molar-refractivity contribution in [1.29, 1.82) is 0 Å². The van der Waals surface area contributed by atoms with Gasteiger partial charge in [0.15, 0.2) is 0 Å². The Balaban J connectivity index is 1.73. The van der Waals surface area contributed by atoms with Gasteiger partial charge in [0.05, 0.1) is 10.0 Å². The molecule has 128 valence electrons. The van der Waals surface area contributed by atoms with Gasteiger partial charge in [-0.05, 0) is 48.5 Å². The quantitative estimate of drug-likeness (QED) is 0.632. The van der Waals surface area contributed by atoms with Crippen LogP contribution in [0.1, 0.15) is 0 Å². The summed E-state index contributed by atoms with van der Waals surface area (Å²) in [6.45, 7) is 0. The maximum atomic E-state index is 6.03. The van der Waals surface area contributed by atoms with E-state index < -0.39 is 0 Å². The summed E-state index contributed by atoms with van der Waals surface area (Å²) >= 11 is 12.0. The highest BCUT2D eigenvalue weighted by molar-refractivity contribution is 6.42. The summed E-state index contributed by atoms with van der Waals surface area (Å²) in [5.41, 5.74) is 2.85. The molecule has 1 aromatic heterocycles. The molecule has 0 aliphatic carbocycles. The van der Waals surface area contributed by atoms with Crippen LogP contribution in [0.3, 0.4) is 0 Å². The molecule has 3 aromatic rings. The topological polar surface area (TPSA) is 53.1 Å². The third kappa shape index (κ3) is 4.53. The maximum absolute atomic E-state index is 6.03. The number of benzene rings is 2. The van der Waals surface area contributed by atoms with Crippen LogP contribution in [-0.4, -0.2) is 24.1 Å². The van der Waals surface area contributed by atoms with E-state index >= 15 is 0 Å². The van der Waals surface area contributed by atoms with Gasteiger partial charge < -0.3 is 15.5 Å². The van der Waals surface area contributed by atoms with E-state index in [1.165, 1.54) is 0 Å². The molecule has 0 bridgehead atoms. The number of rotatable bonds is 5. The SMILES string of the molecule is CN(C)c1ccc(Nc2ccnc(Nc3ccc(Cl)c(Cl)c3)n2)cc1. The molecule has 0 unspecified atom stereocenters. The van der Waals surface area contributed by atoms with Crippen molar-refractivity contribution in [1.82, 2.24) is 9.97 Å². The fraction of sp³-hybridized carbons (Fsp3) is 0.111. The van der Waals surface area contributed by atoms with E-state index in [0.717, 1.165) is 17.1 Å². The van der Waals surface area contributed by atoms with Gasteiger partial charge in [0.1, 0.15) is 5.82 Å². The van der Waals surface area contributed by atoms with Crippen LogP contribution in [-0.2, 0) is 0 Å². The Labute approximate surface area is 156 Å². The Hall–Kier alpha value is -2.50. The zero-order valence-electron chi connectivity index (χ0n) is 13.8. The second-order valence-electron chi connectivity index (χ2n) is 5.59. The van der Waals surface area contributed by atoms with Gasteiger partial charge >= 0.3 is 0 Å². The number of halogens is 2. The number of nitrogens with one attached hydrogen (secondary N) is 2. The minimum Gasteiger partial charge on any atom is -0.378 e. The van der Waals surface area contributed by atoms with Crippen molar-refractivity contribution in [3.63, 3.8) is 0 Å². The van der Waals surface area contributed by atoms with Crippen molar-refractivity contribution in [2.24, 2.45) is 0 Å². The second-order valence-corrected chi connectivity index (χ2v) is 6.40. The smallest absolute Gasteiger partial charge is 0.229 e. The lowest BCUT2D eigenvalue weighted by Crippen LogP contribution is -2.08. The van der Waals surface area contributed by atoms with Crippen LogP contribution < -0.4 is 15.5 Å². The van der Waals surface area contributed by atoms with Crippen LogP contribution in [0.15, 0.2) is 54.7 Å². The highest BCUT2D eigenvalue weighted by Crippen LogP contribution is 2.26. The molecule has 0 saturated heterocycles. The molecule has 0 fully saturated rings. The molecule has 5 nitrogen and oxygen atoms in total. The van der Waals surface area contributed by atoms with Crippen LogP contribution in [0.25, 0.3) is 0 Å². The van der Waals surface area contributed by atoms with E-state index in [0.29, 0.717) is 21.8 Å². The van der Waals surface area contributed by atoms with Gasteiger partial charge in [0.2, 0.25) is 5.95 Å². The Bertz CT molecular complexity index is 866. The minimum atomic E-state index is 0.466. The Kier molecular flexibility index (Phi) is 5.26. The molecule has 0 amide bonds. The number of anilines is 5. The maximum Gasteiger partial charge on any atom is 0.229 e. The lowest BCUT2D eigenvalue weighted by atomic mass is 10.2. The van der Waals surface area contributed by atoms with Crippen molar-refractivity contribution < 1.29 is 0 Å². The van der Waals surface area contributed by atoms with Crippen molar-refractivity contribution in [2.45, 2.75) is 0 Å². The summed E-state index contributed by atoms with van der Waals surface area (Å²) in [6.07, 6.45) is 1.68. The lowest BCUT2D eigenvalue weighted by Gasteiger charge is -2.13. The predicted molar refractivity (Wildman–Crippen MR) is 106 cm³/mol. The first-order valence-corrected chi connectivity index (χ1v) is 8.36. The van der Waals surface area contributed by atoms with E-state index in [-0.39, 0.29) is 0 Å². The van der Waals surface area contributed by atoms with Gasteiger partial charge in [0.25, 0.3) is 0 Å². The van der Waals surface area contributed by atoms with Crippen LogP contribution in [0.5, 0.6) is 0 Å². The fourth-order valence-corrected chi connectivity index (χ4v) is 2.48. The molecule has 2 aromatic carbocycles. The van der Waals surface area contributed by atoms with Crippen LogP contribution in [0, 0.1) is 0 Å². The zero-order valence-corrected chi connectivity index (χ0v) is 15.3. The van der Waals surface area contributed by atoms with Gasteiger partial charge in [-0.2, -0.15) is 4.98 Å². The Morgan fingerprint density at radius 1 is 0.840 bits per heavy atom. The van der Waals surface area contributed by atoms with Crippen molar-refractivity contribution in [3.8, 4) is 0 Å². The first kappa shape index (κ1) is 17.3. The molecule has 3 rings (SSSR count). The summed E-state index contributed by atoms with van der Waals surface area (Å²) in [5, 5.41) is 7.35. The highest BCUT2D eigenvalue weighted by atomic mass is 35.5. The average molecular weight is 374 g/mol. The first-order valence-electron chi connectivity index (χ1n) is 7.61. The van der Waals surface area contributed by atoms with Crippen LogP contribution in [0.2, 0.25) is 10.0 Å². The molecule has 0 aliphatic rings. The Morgan fingerprint density at radius 3 is 2.24 bits per heavy atom. The molecule has 1 heterocycles. The van der Waals surface area contributed by atoms with E-state index in [1.54, 1.807) is 24.4 Å². The van der Waals surface area contributed by atoms with E-state index in [1.807, 2.05) is 49.3 Å². The van der Waals surface area contributed by atoms with Crippen LogP contribution in [0.4, 0.5) is 28.8 Å². The standard InChI is InChI=1S/C18H17Cl2N5/c1-25(2)14-6-3-12(4-7-14)22-17-9-10-21-18(24-17)23-13-5-8-15(19)16(20)11-13/h3-11H,1-2H3,(H2,21,22,23,24). The third-order valence-electron chi connectivity index (χ3n) is 3.49. The van der Waals surface area contributed by atoms with E-state index in [2.05, 4.69) is 20.6 Å². The molecular weight excluding hydrogens is 357 g/mol. The lowest BCUT2D eigenvalue weighted by molar-refractivity contribution is 1.13. The summed E-state index contributed by atoms with van der Waals surface area (Å²) < 4.78 is 0. The van der Waals surface area contributed by atoms with Gasteiger partial charge in [-0.15, -0.1) is 0 Å². The summed E-state index contributed by atoms with van der Waals surface area (Å²) in [6, 6.07) is 15.2. The summed E-state index contributed by atoms with van der Waals surface area (Å²) in [5.74, 6) is 1.16. The number of hydrogen-bond acceptors (Lipinski definition) is 5. The van der Waals surface area contributed by atoms with Crippen LogP contribution >= 0.6 is 23.2 Å². The van der Waals surface area contributed by atoms with Crippen molar-refractivity contribution in [3.05, 3.63) is 64.8 Å². The molecule has 0 aliphatic heterocycles. The Morgan fingerprint density at radius 2 is 1.56 bits per heavy atom. The van der Waals surface area contributed by atoms with Gasteiger partial charge in [-0.25, -0.2) is 4.98 Å². The molecule has 0 radical (unpaired) electrons. The summed E-state index contributed by atoms with van der Waals surface area (Å²) in [7, 11) is 4.02. The molecule has 0 spiro atoms. The molecule has 7 heteroatoms. The molecule has 0 atom stereocenters. The van der Waals surface area contributed by atoms with Crippen molar-refractivity contribution >= 4 is 52.0 Å². The van der Waals surface area contributed by atoms with Gasteiger partial charge in [-0.3, -0.25) is 0 Å². The van der Waals surface area contributed by atoms with Gasteiger partial charge in [0, 0.05) is 37.4 Å². The van der Waals surface area contributed by atoms with Gasteiger partial charge in [-0.1, -0.05) is 23.2 Å². The first-order chi connectivity index (χ1) is 12.0. The number of nitrogens with zero attached hydrogens (tertiary/aromatic N) is 3. The highest BCUT2D eigenvalue weighted by Gasteiger charge is 2.04. The number of hydrogen-bond donors (Lipinski definition) is 2. The summed E-state index contributed by atoms with van der Waals surface area (Å²) in [4.78, 5) is 10.7.